The van der Waals surface area contributed by atoms with E-state index in [1.54, 1.807) is 0 Å². The second-order valence-electron chi connectivity index (χ2n) is 6.04. The minimum Gasteiger partial charge on any atom is -0.377 e. The number of halogens is 1. The standard InChI is InChI=1S/C16H21ClO/c1-12-3-2-4-13(9-12)10-16(11-17)7-8-18-15(16)14-5-6-14/h2-4,9,14-15H,5-8,10-11H2,1H3. The third-order valence-corrected chi connectivity index (χ3v) is 4.99. The van der Waals surface area contributed by atoms with Gasteiger partial charge in [-0.15, -0.1) is 11.6 Å². The van der Waals surface area contributed by atoms with E-state index in [0.29, 0.717) is 6.10 Å². The lowest BCUT2D eigenvalue weighted by atomic mass is 9.75. The number of hydrogen-bond acceptors (Lipinski definition) is 1. The Morgan fingerprint density at radius 3 is 2.89 bits per heavy atom. The molecule has 1 aliphatic carbocycles. The Kier molecular flexibility index (Phi) is 3.38. The van der Waals surface area contributed by atoms with Gasteiger partial charge in [0.1, 0.15) is 0 Å². The smallest absolute Gasteiger partial charge is 0.0674 e. The van der Waals surface area contributed by atoms with E-state index in [-0.39, 0.29) is 5.41 Å². The highest BCUT2D eigenvalue weighted by atomic mass is 35.5. The van der Waals surface area contributed by atoms with Crippen molar-refractivity contribution in [3.63, 3.8) is 0 Å². The fourth-order valence-electron chi connectivity index (χ4n) is 3.35. The van der Waals surface area contributed by atoms with Crippen LogP contribution in [0.25, 0.3) is 0 Å². The van der Waals surface area contributed by atoms with Crippen molar-refractivity contribution < 1.29 is 4.74 Å². The zero-order valence-corrected chi connectivity index (χ0v) is 11.7. The first-order valence-electron chi connectivity index (χ1n) is 6.97. The molecule has 1 saturated carbocycles. The van der Waals surface area contributed by atoms with E-state index < -0.39 is 0 Å². The Labute approximate surface area is 114 Å². The number of benzene rings is 1. The molecule has 2 aliphatic rings. The van der Waals surface area contributed by atoms with Crippen molar-refractivity contribution in [3.05, 3.63) is 35.4 Å². The number of ether oxygens (including phenoxy) is 1. The first-order valence-corrected chi connectivity index (χ1v) is 7.50. The van der Waals surface area contributed by atoms with Gasteiger partial charge in [0.05, 0.1) is 6.10 Å². The van der Waals surface area contributed by atoms with Crippen molar-refractivity contribution in [2.45, 2.75) is 38.7 Å². The van der Waals surface area contributed by atoms with E-state index in [4.69, 9.17) is 16.3 Å². The molecule has 1 aliphatic heterocycles. The van der Waals surface area contributed by atoms with Gasteiger partial charge in [-0.3, -0.25) is 0 Å². The summed E-state index contributed by atoms with van der Waals surface area (Å²) in [5.41, 5.74) is 2.92. The highest BCUT2D eigenvalue weighted by molar-refractivity contribution is 6.18. The highest BCUT2D eigenvalue weighted by Gasteiger charge is 2.50. The van der Waals surface area contributed by atoms with Gasteiger partial charge in [-0.05, 0) is 44.1 Å². The summed E-state index contributed by atoms with van der Waals surface area (Å²) < 4.78 is 6.00. The normalized spacial score (nSPS) is 31.8. The topological polar surface area (TPSA) is 9.23 Å². The average molecular weight is 265 g/mol. The van der Waals surface area contributed by atoms with Gasteiger partial charge in [0, 0.05) is 17.9 Å². The summed E-state index contributed by atoms with van der Waals surface area (Å²) in [6, 6.07) is 8.81. The molecule has 98 valence electrons. The predicted molar refractivity (Wildman–Crippen MR) is 75.1 cm³/mol. The molecule has 0 N–H and O–H groups in total. The maximum Gasteiger partial charge on any atom is 0.0674 e. The molecule has 2 unspecified atom stereocenters. The molecule has 2 fully saturated rings. The Hall–Kier alpha value is -0.530. The quantitative estimate of drug-likeness (QED) is 0.748. The molecule has 1 nitrogen and oxygen atoms in total. The van der Waals surface area contributed by atoms with Crippen molar-refractivity contribution in [2.75, 3.05) is 12.5 Å². The molecule has 1 saturated heterocycles. The fraction of sp³-hybridized carbons (Fsp3) is 0.625. The summed E-state index contributed by atoms with van der Waals surface area (Å²) in [5, 5.41) is 0. The van der Waals surface area contributed by atoms with E-state index in [2.05, 4.69) is 31.2 Å². The van der Waals surface area contributed by atoms with Crippen LogP contribution in [0.15, 0.2) is 24.3 Å². The zero-order valence-electron chi connectivity index (χ0n) is 11.0. The first kappa shape index (κ1) is 12.5. The lowest BCUT2D eigenvalue weighted by Crippen LogP contribution is -2.36. The number of alkyl halides is 1. The van der Waals surface area contributed by atoms with E-state index in [1.165, 1.54) is 24.0 Å². The van der Waals surface area contributed by atoms with Gasteiger partial charge >= 0.3 is 0 Å². The maximum absolute atomic E-state index is 6.34. The van der Waals surface area contributed by atoms with Gasteiger partial charge in [-0.2, -0.15) is 0 Å². The van der Waals surface area contributed by atoms with Crippen LogP contribution in [0.5, 0.6) is 0 Å². The molecule has 0 bridgehead atoms. The van der Waals surface area contributed by atoms with Gasteiger partial charge in [0.2, 0.25) is 0 Å². The van der Waals surface area contributed by atoms with Crippen molar-refractivity contribution in [1.29, 1.82) is 0 Å². The minimum absolute atomic E-state index is 0.177. The predicted octanol–water partition coefficient (Wildman–Crippen LogP) is 3.96. The summed E-state index contributed by atoms with van der Waals surface area (Å²) >= 11 is 6.34. The van der Waals surface area contributed by atoms with Gasteiger partial charge in [-0.1, -0.05) is 29.8 Å². The van der Waals surface area contributed by atoms with E-state index in [9.17, 15) is 0 Å². The van der Waals surface area contributed by atoms with Crippen LogP contribution in [0.1, 0.15) is 30.4 Å². The van der Waals surface area contributed by atoms with Crippen LogP contribution in [-0.2, 0) is 11.2 Å². The Morgan fingerprint density at radius 1 is 1.39 bits per heavy atom. The largest absolute Gasteiger partial charge is 0.377 e. The summed E-state index contributed by atoms with van der Waals surface area (Å²) in [6.45, 7) is 3.04. The molecule has 18 heavy (non-hydrogen) atoms. The highest BCUT2D eigenvalue weighted by Crippen LogP contribution is 2.50. The molecular weight excluding hydrogens is 244 g/mol. The molecule has 2 heteroatoms. The van der Waals surface area contributed by atoms with Crippen LogP contribution in [0.4, 0.5) is 0 Å². The Balaban J connectivity index is 1.82. The van der Waals surface area contributed by atoms with Crippen molar-refractivity contribution in [2.24, 2.45) is 11.3 Å². The average Bonchev–Trinajstić information content (AvgIpc) is 3.12. The molecule has 0 aromatic heterocycles. The Morgan fingerprint density at radius 2 is 2.22 bits per heavy atom. The van der Waals surface area contributed by atoms with E-state index in [1.807, 2.05) is 0 Å². The number of rotatable bonds is 4. The van der Waals surface area contributed by atoms with Crippen molar-refractivity contribution in [1.82, 2.24) is 0 Å². The Bertz CT molecular complexity index is 427. The second-order valence-corrected chi connectivity index (χ2v) is 6.31. The van der Waals surface area contributed by atoms with Crippen molar-refractivity contribution >= 4 is 11.6 Å². The van der Waals surface area contributed by atoms with Gasteiger partial charge in [0.25, 0.3) is 0 Å². The van der Waals surface area contributed by atoms with E-state index >= 15 is 0 Å². The number of hydrogen-bond donors (Lipinski definition) is 0. The molecular formula is C16H21ClO. The molecule has 2 atom stereocenters. The monoisotopic (exact) mass is 264 g/mol. The maximum atomic E-state index is 6.34. The first-order chi connectivity index (χ1) is 8.73. The van der Waals surface area contributed by atoms with E-state index in [0.717, 1.165) is 31.2 Å². The SMILES string of the molecule is Cc1cccc(CC2(CCl)CCOC2C2CC2)c1. The second kappa shape index (κ2) is 4.86. The molecule has 1 aromatic rings. The third-order valence-electron chi connectivity index (χ3n) is 4.46. The van der Waals surface area contributed by atoms with Crippen LogP contribution in [0, 0.1) is 18.3 Å². The zero-order chi connectivity index (χ0) is 12.6. The molecule has 0 spiro atoms. The van der Waals surface area contributed by atoms with Crippen LogP contribution in [0.2, 0.25) is 0 Å². The van der Waals surface area contributed by atoms with Gasteiger partial charge in [0.15, 0.2) is 0 Å². The van der Waals surface area contributed by atoms with Crippen LogP contribution in [0.3, 0.4) is 0 Å². The summed E-state index contributed by atoms with van der Waals surface area (Å²) in [5.74, 6) is 1.50. The molecule has 3 rings (SSSR count). The summed E-state index contributed by atoms with van der Waals surface area (Å²) in [7, 11) is 0. The van der Waals surface area contributed by atoms with Crippen molar-refractivity contribution in [3.8, 4) is 0 Å². The summed E-state index contributed by atoms with van der Waals surface area (Å²) in [4.78, 5) is 0. The number of aryl methyl sites for hydroxylation is 1. The lowest BCUT2D eigenvalue weighted by molar-refractivity contribution is 0.0403. The molecule has 1 heterocycles. The molecule has 0 amide bonds. The van der Waals surface area contributed by atoms with Crippen LogP contribution >= 0.6 is 11.6 Å². The van der Waals surface area contributed by atoms with Crippen LogP contribution in [-0.4, -0.2) is 18.6 Å². The van der Waals surface area contributed by atoms with Gasteiger partial charge < -0.3 is 4.74 Å². The third kappa shape index (κ3) is 2.31. The van der Waals surface area contributed by atoms with Gasteiger partial charge in [-0.25, -0.2) is 0 Å². The lowest BCUT2D eigenvalue weighted by Gasteiger charge is -2.32. The molecule has 1 aromatic carbocycles. The molecule has 0 radical (unpaired) electrons. The van der Waals surface area contributed by atoms with Crippen LogP contribution < -0.4 is 0 Å². The minimum atomic E-state index is 0.177. The fourth-order valence-corrected chi connectivity index (χ4v) is 3.73. The summed E-state index contributed by atoms with van der Waals surface area (Å²) in [6.07, 6.45) is 5.25.